The molecule has 2 aromatic rings. The highest BCUT2D eigenvalue weighted by Gasteiger charge is 2.09. The summed E-state index contributed by atoms with van der Waals surface area (Å²) in [6.07, 6.45) is 1.38. The van der Waals surface area contributed by atoms with Crippen LogP contribution in [-0.2, 0) is 0 Å². The fourth-order valence-corrected chi connectivity index (χ4v) is 1.60. The molecule has 0 aliphatic heterocycles. The molecule has 0 aliphatic carbocycles. The van der Waals surface area contributed by atoms with Gasteiger partial charge in [0.25, 0.3) is 0 Å². The first-order valence-corrected chi connectivity index (χ1v) is 4.38. The summed E-state index contributed by atoms with van der Waals surface area (Å²) in [6, 6.07) is 4.67. The lowest BCUT2D eigenvalue weighted by Crippen LogP contribution is -1.90. The molecule has 0 aliphatic rings. The maximum Gasteiger partial charge on any atom is 0.221 e. The van der Waals surface area contributed by atoms with Crippen molar-refractivity contribution in [3.05, 3.63) is 35.2 Å². The summed E-state index contributed by atoms with van der Waals surface area (Å²) in [5.74, 6) is 0.0112. The van der Waals surface area contributed by atoms with E-state index in [0.29, 0.717) is 21.7 Å². The number of nitrogens with zero attached hydrogens (tertiary/aromatic N) is 1. The molecule has 1 aromatic carbocycles. The van der Waals surface area contributed by atoms with E-state index < -0.39 is 0 Å². The lowest BCUT2D eigenvalue weighted by molar-refractivity contribution is 0.403. The van der Waals surface area contributed by atoms with Crippen LogP contribution >= 0.6 is 11.6 Å². The van der Waals surface area contributed by atoms with E-state index in [9.17, 15) is 4.39 Å². The highest BCUT2D eigenvalue weighted by Crippen LogP contribution is 2.30. The van der Waals surface area contributed by atoms with Crippen molar-refractivity contribution in [1.82, 2.24) is 4.98 Å². The molecule has 0 radical (unpaired) electrons. The Kier molecular flexibility index (Phi) is 2.25. The first kappa shape index (κ1) is 9.21. The summed E-state index contributed by atoms with van der Waals surface area (Å²) >= 11 is 5.83. The van der Waals surface area contributed by atoms with Gasteiger partial charge in [-0.25, -0.2) is 9.37 Å². The first-order valence-electron chi connectivity index (χ1n) is 4.00. The van der Waals surface area contributed by atoms with Crippen molar-refractivity contribution >= 4 is 22.4 Å². The van der Waals surface area contributed by atoms with Gasteiger partial charge in [0.2, 0.25) is 5.88 Å². The SMILES string of the molecule is COc1ncc(Cl)c2c(F)cccc12. The van der Waals surface area contributed by atoms with Crippen molar-refractivity contribution < 1.29 is 9.13 Å². The predicted molar refractivity (Wildman–Crippen MR) is 53.3 cm³/mol. The highest BCUT2D eigenvalue weighted by atomic mass is 35.5. The largest absolute Gasteiger partial charge is 0.481 e. The average molecular weight is 212 g/mol. The van der Waals surface area contributed by atoms with Gasteiger partial charge in [-0.15, -0.1) is 0 Å². The van der Waals surface area contributed by atoms with Crippen molar-refractivity contribution in [1.29, 1.82) is 0 Å². The van der Waals surface area contributed by atoms with Crippen LogP contribution in [-0.4, -0.2) is 12.1 Å². The molecule has 14 heavy (non-hydrogen) atoms. The minimum Gasteiger partial charge on any atom is -0.481 e. The topological polar surface area (TPSA) is 22.1 Å². The number of methoxy groups -OCH3 is 1. The molecule has 2 rings (SSSR count). The maximum absolute atomic E-state index is 13.4. The smallest absolute Gasteiger partial charge is 0.221 e. The van der Waals surface area contributed by atoms with Gasteiger partial charge in [0.15, 0.2) is 0 Å². The third-order valence-corrected chi connectivity index (χ3v) is 2.26. The Morgan fingerprint density at radius 2 is 2.21 bits per heavy atom. The maximum atomic E-state index is 13.4. The summed E-state index contributed by atoms with van der Waals surface area (Å²) in [5.41, 5.74) is 0. The Morgan fingerprint density at radius 1 is 1.43 bits per heavy atom. The van der Waals surface area contributed by atoms with Gasteiger partial charge in [-0.1, -0.05) is 17.7 Å². The first-order chi connectivity index (χ1) is 6.74. The number of benzene rings is 1. The van der Waals surface area contributed by atoms with Gasteiger partial charge in [0, 0.05) is 10.8 Å². The average Bonchev–Trinajstić information content (AvgIpc) is 2.18. The highest BCUT2D eigenvalue weighted by molar-refractivity contribution is 6.35. The van der Waals surface area contributed by atoms with Crippen molar-refractivity contribution in [2.45, 2.75) is 0 Å². The number of aromatic nitrogens is 1. The van der Waals surface area contributed by atoms with Crippen LogP contribution < -0.4 is 4.74 Å². The van der Waals surface area contributed by atoms with Crippen LogP contribution in [0.4, 0.5) is 4.39 Å². The predicted octanol–water partition coefficient (Wildman–Crippen LogP) is 3.04. The minimum absolute atomic E-state index is 0.291. The van der Waals surface area contributed by atoms with E-state index in [-0.39, 0.29) is 5.82 Å². The molecular formula is C10H7ClFNO. The van der Waals surface area contributed by atoms with E-state index in [2.05, 4.69) is 4.98 Å². The molecule has 4 heteroatoms. The zero-order valence-corrected chi connectivity index (χ0v) is 8.18. The van der Waals surface area contributed by atoms with Crippen molar-refractivity contribution in [2.75, 3.05) is 7.11 Å². The number of fused-ring (bicyclic) bond motifs is 1. The van der Waals surface area contributed by atoms with Crippen LogP contribution in [0, 0.1) is 5.82 Å². The third-order valence-electron chi connectivity index (χ3n) is 1.97. The molecule has 2 nitrogen and oxygen atoms in total. The number of pyridine rings is 1. The van der Waals surface area contributed by atoms with Gasteiger partial charge >= 0.3 is 0 Å². The summed E-state index contributed by atoms with van der Waals surface area (Å²) in [5, 5.41) is 1.22. The minimum atomic E-state index is -0.367. The molecule has 0 fully saturated rings. The molecule has 0 saturated carbocycles. The lowest BCUT2D eigenvalue weighted by atomic mass is 10.1. The Morgan fingerprint density at radius 3 is 2.93 bits per heavy atom. The fraction of sp³-hybridized carbons (Fsp3) is 0.100. The van der Waals surface area contributed by atoms with E-state index in [1.807, 2.05) is 0 Å². The van der Waals surface area contributed by atoms with Crippen molar-refractivity contribution in [2.24, 2.45) is 0 Å². The van der Waals surface area contributed by atoms with Crippen LogP contribution in [0.1, 0.15) is 0 Å². The number of hydrogen-bond donors (Lipinski definition) is 0. The van der Waals surface area contributed by atoms with Gasteiger partial charge in [-0.05, 0) is 12.1 Å². The summed E-state index contributed by atoms with van der Waals surface area (Å²) < 4.78 is 18.4. The van der Waals surface area contributed by atoms with Crippen LogP contribution in [0.2, 0.25) is 5.02 Å². The van der Waals surface area contributed by atoms with Crippen molar-refractivity contribution in [3.8, 4) is 5.88 Å². The normalized spacial score (nSPS) is 10.5. The molecular weight excluding hydrogens is 205 g/mol. The van der Waals surface area contributed by atoms with Crippen LogP contribution in [0.3, 0.4) is 0 Å². The molecule has 0 saturated heterocycles. The standard InChI is InChI=1S/C10H7ClFNO/c1-14-10-6-3-2-4-8(12)9(6)7(11)5-13-10/h2-5H,1H3. The quantitative estimate of drug-likeness (QED) is 0.723. The summed E-state index contributed by atoms with van der Waals surface area (Å²) in [4.78, 5) is 3.95. The Bertz CT molecular complexity index is 479. The zero-order valence-electron chi connectivity index (χ0n) is 7.42. The van der Waals surface area contributed by atoms with Gasteiger partial charge in [0.05, 0.1) is 18.3 Å². The van der Waals surface area contributed by atoms with E-state index in [1.165, 1.54) is 19.4 Å². The molecule has 0 atom stereocenters. The fourth-order valence-electron chi connectivity index (χ4n) is 1.36. The number of rotatable bonds is 1. The molecule has 0 bridgehead atoms. The second-order valence-electron chi connectivity index (χ2n) is 2.78. The molecule has 72 valence electrons. The Hall–Kier alpha value is -1.35. The number of ether oxygens (including phenoxy) is 1. The van der Waals surface area contributed by atoms with E-state index in [0.717, 1.165) is 0 Å². The number of hydrogen-bond acceptors (Lipinski definition) is 2. The lowest BCUT2D eigenvalue weighted by Gasteiger charge is -2.05. The van der Waals surface area contributed by atoms with Crippen LogP contribution in [0.25, 0.3) is 10.8 Å². The molecule has 0 amide bonds. The van der Waals surface area contributed by atoms with Gasteiger partial charge in [-0.3, -0.25) is 0 Å². The Labute approximate surface area is 85.3 Å². The van der Waals surface area contributed by atoms with Gasteiger partial charge in [-0.2, -0.15) is 0 Å². The van der Waals surface area contributed by atoms with Crippen LogP contribution in [0.5, 0.6) is 5.88 Å². The second kappa shape index (κ2) is 3.42. The van der Waals surface area contributed by atoms with E-state index in [4.69, 9.17) is 16.3 Å². The molecule has 1 aromatic heterocycles. The van der Waals surface area contributed by atoms with Crippen LogP contribution in [0.15, 0.2) is 24.4 Å². The molecule has 0 unspecified atom stereocenters. The van der Waals surface area contributed by atoms with Crippen molar-refractivity contribution in [3.63, 3.8) is 0 Å². The van der Waals surface area contributed by atoms with E-state index in [1.54, 1.807) is 12.1 Å². The molecule has 1 heterocycles. The summed E-state index contributed by atoms with van der Waals surface area (Å²) in [6.45, 7) is 0. The zero-order chi connectivity index (χ0) is 10.1. The monoisotopic (exact) mass is 211 g/mol. The Balaban J connectivity index is 2.91. The van der Waals surface area contributed by atoms with E-state index >= 15 is 0 Å². The van der Waals surface area contributed by atoms with Gasteiger partial charge < -0.3 is 4.74 Å². The summed E-state index contributed by atoms with van der Waals surface area (Å²) in [7, 11) is 1.49. The number of halogens is 2. The van der Waals surface area contributed by atoms with Gasteiger partial charge in [0.1, 0.15) is 5.82 Å². The second-order valence-corrected chi connectivity index (χ2v) is 3.19. The molecule has 0 N–H and O–H groups in total. The molecule has 0 spiro atoms. The third kappa shape index (κ3) is 1.30.